The van der Waals surface area contributed by atoms with Gasteiger partial charge in [-0.05, 0) is 36.9 Å². The number of ether oxygens (including phenoxy) is 2. The molecule has 1 aromatic heterocycles. The Bertz CT molecular complexity index is 614. The molecule has 0 fully saturated rings. The van der Waals surface area contributed by atoms with Crippen molar-refractivity contribution >= 4 is 17.3 Å². The number of methoxy groups -OCH3 is 2. The van der Waals surface area contributed by atoms with Crippen LogP contribution >= 0.6 is 11.3 Å². The molecule has 0 aliphatic carbocycles. The van der Waals surface area contributed by atoms with Gasteiger partial charge in [0, 0.05) is 11.1 Å². The van der Waals surface area contributed by atoms with E-state index in [-0.39, 0.29) is 5.97 Å². The molecule has 0 unspecified atom stereocenters. The SMILES string of the molecule is COC(=O)c1scc(C)c1-c1cc(C)ccc1OC. The van der Waals surface area contributed by atoms with Crippen molar-refractivity contribution in [2.24, 2.45) is 0 Å². The third kappa shape index (κ3) is 2.49. The van der Waals surface area contributed by atoms with Crippen molar-refractivity contribution in [2.45, 2.75) is 13.8 Å². The minimum atomic E-state index is -0.309. The largest absolute Gasteiger partial charge is 0.496 e. The summed E-state index contributed by atoms with van der Waals surface area (Å²) < 4.78 is 10.2. The fourth-order valence-corrected chi connectivity index (χ4v) is 3.02. The molecule has 0 aliphatic heterocycles. The maximum absolute atomic E-state index is 11.9. The van der Waals surface area contributed by atoms with Gasteiger partial charge in [-0.3, -0.25) is 0 Å². The third-order valence-electron chi connectivity index (χ3n) is 2.97. The molecule has 1 aromatic carbocycles. The van der Waals surface area contributed by atoms with Crippen LogP contribution in [0.3, 0.4) is 0 Å². The smallest absolute Gasteiger partial charge is 0.348 e. The van der Waals surface area contributed by atoms with Gasteiger partial charge < -0.3 is 9.47 Å². The molecule has 19 heavy (non-hydrogen) atoms. The fourth-order valence-electron chi connectivity index (χ4n) is 2.04. The summed E-state index contributed by atoms with van der Waals surface area (Å²) in [5.74, 6) is 0.453. The molecule has 3 nitrogen and oxygen atoms in total. The summed E-state index contributed by atoms with van der Waals surface area (Å²) >= 11 is 1.40. The number of benzene rings is 1. The summed E-state index contributed by atoms with van der Waals surface area (Å²) in [5.41, 5.74) is 4.01. The van der Waals surface area contributed by atoms with Crippen molar-refractivity contribution in [1.29, 1.82) is 0 Å². The Hall–Kier alpha value is -1.81. The Morgan fingerprint density at radius 3 is 2.58 bits per heavy atom. The number of aryl methyl sites for hydroxylation is 2. The van der Waals surface area contributed by atoms with Crippen LogP contribution in [0.15, 0.2) is 23.6 Å². The Morgan fingerprint density at radius 2 is 1.95 bits per heavy atom. The predicted molar refractivity (Wildman–Crippen MR) is 77.1 cm³/mol. The highest BCUT2D eigenvalue weighted by Crippen LogP contribution is 2.38. The van der Waals surface area contributed by atoms with E-state index in [0.29, 0.717) is 4.88 Å². The fraction of sp³-hybridized carbons (Fsp3) is 0.267. The molecule has 1 heterocycles. The second-order valence-corrected chi connectivity index (χ2v) is 5.20. The molecule has 0 bridgehead atoms. The van der Waals surface area contributed by atoms with Crippen molar-refractivity contribution in [3.05, 3.63) is 39.6 Å². The molecule has 0 N–H and O–H groups in total. The van der Waals surface area contributed by atoms with Crippen molar-refractivity contribution in [1.82, 2.24) is 0 Å². The van der Waals surface area contributed by atoms with E-state index in [1.54, 1.807) is 7.11 Å². The van der Waals surface area contributed by atoms with E-state index >= 15 is 0 Å². The predicted octanol–water partition coefficient (Wildman–Crippen LogP) is 3.83. The standard InChI is InChI=1S/C15H16O3S/c1-9-5-6-12(17-3)11(7-9)13-10(2)8-19-14(13)15(16)18-4/h5-8H,1-4H3. The van der Waals surface area contributed by atoms with Crippen LogP contribution in [-0.2, 0) is 4.74 Å². The van der Waals surface area contributed by atoms with Crippen LogP contribution in [-0.4, -0.2) is 20.2 Å². The summed E-state index contributed by atoms with van der Waals surface area (Å²) in [6, 6.07) is 5.94. The van der Waals surface area contributed by atoms with E-state index in [1.165, 1.54) is 18.4 Å². The average molecular weight is 276 g/mol. The lowest BCUT2D eigenvalue weighted by Gasteiger charge is -2.11. The topological polar surface area (TPSA) is 35.5 Å². The van der Waals surface area contributed by atoms with Crippen LogP contribution in [0.4, 0.5) is 0 Å². The number of rotatable bonds is 3. The zero-order valence-electron chi connectivity index (χ0n) is 11.4. The molecule has 2 rings (SSSR count). The van der Waals surface area contributed by atoms with Crippen molar-refractivity contribution in [3.63, 3.8) is 0 Å². The van der Waals surface area contributed by atoms with Gasteiger partial charge in [-0.25, -0.2) is 4.79 Å². The van der Waals surface area contributed by atoms with Crippen LogP contribution in [0, 0.1) is 13.8 Å². The highest BCUT2D eigenvalue weighted by molar-refractivity contribution is 7.12. The molecular weight excluding hydrogens is 260 g/mol. The van der Waals surface area contributed by atoms with Gasteiger partial charge in [-0.15, -0.1) is 11.3 Å². The van der Waals surface area contributed by atoms with Crippen LogP contribution in [0.5, 0.6) is 5.75 Å². The summed E-state index contributed by atoms with van der Waals surface area (Å²) in [6.45, 7) is 4.00. The zero-order valence-corrected chi connectivity index (χ0v) is 12.3. The molecule has 0 radical (unpaired) electrons. The molecule has 2 aromatic rings. The minimum Gasteiger partial charge on any atom is -0.496 e. The van der Waals surface area contributed by atoms with Gasteiger partial charge in [0.15, 0.2) is 0 Å². The first-order valence-electron chi connectivity index (χ1n) is 5.90. The van der Waals surface area contributed by atoms with Gasteiger partial charge in [0.05, 0.1) is 14.2 Å². The van der Waals surface area contributed by atoms with E-state index in [1.807, 2.05) is 37.4 Å². The molecule has 100 valence electrons. The van der Waals surface area contributed by atoms with Gasteiger partial charge >= 0.3 is 5.97 Å². The number of thiophene rings is 1. The van der Waals surface area contributed by atoms with E-state index in [2.05, 4.69) is 0 Å². The van der Waals surface area contributed by atoms with Gasteiger partial charge in [0.2, 0.25) is 0 Å². The van der Waals surface area contributed by atoms with Crippen molar-refractivity contribution in [3.8, 4) is 16.9 Å². The second-order valence-electron chi connectivity index (χ2n) is 4.32. The summed E-state index contributed by atoms with van der Waals surface area (Å²) in [7, 11) is 3.03. The quantitative estimate of drug-likeness (QED) is 0.799. The Labute approximate surface area is 116 Å². The first kappa shape index (κ1) is 13.6. The van der Waals surface area contributed by atoms with Crippen LogP contribution in [0.25, 0.3) is 11.1 Å². The van der Waals surface area contributed by atoms with E-state index in [9.17, 15) is 4.79 Å². The Balaban J connectivity index is 2.68. The zero-order chi connectivity index (χ0) is 14.0. The van der Waals surface area contributed by atoms with Crippen LogP contribution < -0.4 is 4.74 Å². The van der Waals surface area contributed by atoms with E-state index in [4.69, 9.17) is 9.47 Å². The number of hydrogen-bond donors (Lipinski definition) is 0. The second kappa shape index (κ2) is 5.45. The maximum Gasteiger partial charge on any atom is 0.348 e. The average Bonchev–Trinajstić information content (AvgIpc) is 2.79. The van der Waals surface area contributed by atoms with E-state index < -0.39 is 0 Å². The highest BCUT2D eigenvalue weighted by atomic mass is 32.1. The molecule has 0 spiro atoms. The Morgan fingerprint density at radius 1 is 1.21 bits per heavy atom. The van der Waals surface area contributed by atoms with Crippen LogP contribution in [0.1, 0.15) is 20.8 Å². The molecule has 0 aliphatic rings. The van der Waals surface area contributed by atoms with Gasteiger partial charge in [-0.1, -0.05) is 11.6 Å². The minimum absolute atomic E-state index is 0.309. The third-order valence-corrected chi connectivity index (χ3v) is 4.05. The summed E-state index contributed by atoms with van der Waals surface area (Å²) in [6.07, 6.45) is 0. The molecule has 4 heteroatoms. The number of esters is 1. The molecule has 0 atom stereocenters. The van der Waals surface area contributed by atoms with Crippen molar-refractivity contribution in [2.75, 3.05) is 14.2 Å². The van der Waals surface area contributed by atoms with Gasteiger partial charge in [0.1, 0.15) is 10.6 Å². The van der Waals surface area contributed by atoms with Crippen LogP contribution in [0.2, 0.25) is 0 Å². The van der Waals surface area contributed by atoms with Gasteiger partial charge in [-0.2, -0.15) is 0 Å². The molecule has 0 saturated heterocycles. The summed E-state index contributed by atoms with van der Waals surface area (Å²) in [4.78, 5) is 12.5. The highest BCUT2D eigenvalue weighted by Gasteiger charge is 2.20. The lowest BCUT2D eigenvalue weighted by Crippen LogP contribution is -2.01. The van der Waals surface area contributed by atoms with Gasteiger partial charge in [0.25, 0.3) is 0 Å². The number of hydrogen-bond acceptors (Lipinski definition) is 4. The molecule has 0 amide bonds. The monoisotopic (exact) mass is 276 g/mol. The first-order valence-corrected chi connectivity index (χ1v) is 6.78. The van der Waals surface area contributed by atoms with E-state index in [0.717, 1.165) is 28.0 Å². The maximum atomic E-state index is 11.9. The normalized spacial score (nSPS) is 10.3. The van der Waals surface area contributed by atoms with Crippen molar-refractivity contribution < 1.29 is 14.3 Å². The number of carbonyl (C=O) groups is 1. The number of carbonyl (C=O) groups excluding carboxylic acids is 1. The first-order chi connectivity index (χ1) is 9.08. The summed E-state index contributed by atoms with van der Waals surface area (Å²) in [5, 5.41) is 1.96. The Kier molecular flexibility index (Phi) is 3.90. The molecular formula is C15H16O3S. The lowest BCUT2D eigenvalue weighted by molar-refractivity contribution is 0.0607. The lowest BCUT2D eigenvalue weighted by atomic mass is 9.99. The molecule has 0 saturated carbocycles.